The van der Waals surface area contributed by atoms with Crippen LogP contribution in [0.25, 0.3) is 0 Å². The molecule has 0 bridgehead atoms. The normalized spacial score (nSPS) is 12.6. The summed E-state index contributed by atoms with van der Waals surface area (Å²) in [6.45, 7) is 1.28. The highest BCUT2D eigenvalue weighted by molar-refractivity contribution is 5.23. The molecule has 1 aromatic heterocycles. The Morgan fingerprint density at radius 1 is 1.35 bits per heavy atom. The van der Waals surface area contributed by atoms with Gasteiger partial charge in [0.15, 0.2) is 0 Å². The number of unbranched alkanes of at least 4 members (excludes halogenated alkanes) is 1. The van der Waals surface area contributed by atoms with Crippen LogP contribution in [-0.2, 0) is 6.54 Å². The van der Waals surface area contributed by atoms with Crippen LogP contribution >= 0.6 is 0 Å². The Bertz CT molecular complexity index is 390. The zero-order chi connectivity index (χ0) is 12.7. The lowest BCUT2D eigenvalue weighted by molar-refractivity contribution is 0.485. The smallest absolute Gasteiger partial charge is 0.349 e. The maximum atomic E-state index is 11.4. The Morgan fingerprint density at radius 3 is 2.76 bits per heavy atom. The highest BCUT2D eigenvalue weighted by Crippen LogP contribution is 2.03. The van der Waals surface area contributed by atoms with Gasteiger partial charge in [-0.15, -0.1) is 0 Å². The van der Waals surface area contributed by atoms with E-state index >= 15 is 0 Å². The van der Waals surface area contributed by atoms with Crippen LogP contribution in [0.15, 0.2) is 17.1 Å². The molecule has 1 heterocycles. The van der Waals surface area contributed by atoms with Crippen LogP contribution < -0.4 is 22.9 Å². The van der Waals surface area contributed by atoms with Crippen molar-refractivity contribution in [3.05, 3.63) is 22.7 Å². The van der Waals surface area contributed by atoms with E-state index in [2.05, 4.69) is 4.98 Å². The van der Waals surface area contributed by atoms with Crippen LogP contribution in [0.4, 0.5) is 5.82 Å². The van der Waals surface area contributed by atoms with E-state index in [-0.39, 0.29) is 17.5 Å². The molecule has 0 fully saturated rings. The number of nitrogen functional groups attached to an aromatic ring is 1. The maximum absolute atomic E-state index is 11.4. The van der Waals surface area contributed by atoms with E-state index in [1.165, 1.54) is 4.57 Å². The first-order valence-electron chi connectivity index (χ1n) is 5.92. The topological polar surface area (TPSA) is 113 Å². The summed E-state index contributed by atoms with van der Waals surface area (Å²) in [5.41, 5.74) is 16.4. The monoisotopic (exact) mass is 239 g/mol. The summed E-state index contributed by atoms with van der Waals surface area (Å²) in [4.78, 5) is 15.1. The van der Waals surface area contributed by atoms with Crippen LogP contribution in [0.2, 0.25) is 0 Å². The molecule has 0 unspecified atom stereocenters. The van der Waals surface area contributed by atoms with E-state index in [0.29, 0.717) is 13.1 Å². The summed E-state index contributed by atoms with van der Waals surface area (Å²) in [6, 6.07) is 1.72. The number of hydrogen-bond donors (Lipinski definition) is 3. The summed E-state index contributed by atoms with van der Waals surface area (Å²) in [7, 11) is 0. The van der Waals surface area contributed by atoms with Gasteiger partial charge in [0.2, 0.25) is 0 Å². The lowest BCUT2D eigenvalue weighted by Gasteiger charge is -2.12. The summed E-state index contributed by atoms with van der Waals surface area (Å²) in [5.74, 6) is 0.249. The maximum Gasteiger partial charge on any atom is 0.349 e. The molecule has 96 valence electrons. The number of hydrogen-bond acceptors (Lipinski definition) is 5. The number of nitrogens with two attached hydrogens (primary N) is 3. The van der Waals surface area contributed by atoms with E-state index in [4.69, 9.17) is 17.2 Å². The fraction of sp³-hybridized carbons (Fsp3) is 0.636. The minimum atomic E-state index is -0.320. The molecule has 1 rings (SSSR count). The second kappa shape index (κ2) is 7.03. The SMILES string of the molecule is NCCCC[C@@H](N)CCn1ccc(N)nc1=O. The van der Waals surface area contributed by atoms with Crippen LogP contribution in [0, 0.1) is 0 Å². The predicted molar refractivity (Wildman–Crippen MR) is 68.4 cm³/mol. The molecule has 0 saturated heterocycles. The molecule has 6 heteroatoms. The third-order valence-electron chi connectivity index (χ3n) is 2.67. The summed E-state index contributed by atoms with van der Waals surface area (Å²) in [6.07, 6.45) is 5.38. The van der Waals surface area contributed by atoms with E-state index in [1.54, 1.807) is 12.3 Å². The second-order valence-corrected chi connectivity index (χ2v) is 4.16. The Morgan fingerprint density at radius 2 is 2.12 bits per heavy atom. The van der Waals surface area contributed by atoms with Crippen molar-refractivity contribution >= 4 is 5.82 Å². The van der Waals surface area contributed by atoms with Crippen LogP contribution in [0.1, 0.15) is 25.7 Å². The molecule has 0 radical (unpaired) electrons. The van der Waals surface area contributed by atoms with Gasteiger partial charge in [0, 0.05) is 18.8 Å². The lowest BCUT2D eigenvalue weighted by Crippen LogP contribution is -2.28. The Kier molecular flexibility index (Phi) is 5.65. The second-order valence-electron chi connectivity index (χ2n) is 4.16. The van der Waals surface area contributed by atoms with Gasteiger partial charge in [-0.1, -0.05) is 6.42 Å². The average Bonchev–Trinajstić information content (AvgIpc) is 2.28. The van der Waals surface area contributed by atoms with Gasteiger partial charge in [-0.25, -0.2) is 4.79 Å². The van der Waals surface area contributed by atoms with Crippen molar-refractivity contribution in [2.75, 3.05) is 12.3 Å². The zero-order valence-corrected chi connectivity index (χ0v) is 10.0. The molecule has 1 atom stereocenters. The molecule has 0 aromatic carbocycles. The van der Waals surface area contributed by atoms with Gasteiger partial charge in [-0.05, 0) is 31.9 Å². The molecule has 6 N–H and O–H groups in total. The molecule has 0 spiro atoms. The quantitative estimate of drug-likeness (QED) is 0.564. The van der Waals surface area contributed by atoms with Gasteiger partial charge < -0.3 is 17.2 Å². The number of aromatic nitrogens is 2. The van der Waals surface area contributed by atoms with E-state index in [0.717, 1.165) is 25.7 Å². The van der Waals surface area contributed by atoms with Gasteiger partial charge in [-0.2, -0.15) is 4.98 Å². The lowest BCUT2D eigenvalue weighted by atomic mass is 10.1. The number of nitrogens with zero attached hydrogens (tertiary/aromatic N) is 2. The largest absolute Gasteiger partial charge is 0.383 e. The molecule has 1 aromatic rings. The number of rotatable bonds is 7. The molecule has 0 aliphatic rings. The van der Waals surface area contributed by atoms with Crippen molar-refractivity contribution in [3.8, 4) is 0 Å². The minimum absolute atomic E-state index is 0.103. The number of anilines is 1. The minimum Gasteiger partial charge on any atom is -0.383 e. The molecular formula is C11H21N5O. The first-order chi connectivity index (χ1) is 8.13. The van der Waals surface area contributed by atoms with Crippen molar-refractivity contribution in [2.45, 2.75) is 38.3 Å². The fourth-order valence-electron chi connectivity index (χ4n) is 1.61. The highest BCUT2D eigenvalue weighted by atomic mass is 16.1. The summed E-state index contributed by atoms with van der Waals surface area (Å²) in [5, 5.41) is 0. The average molecular weight is 239 g/mol. The van der Waals surface area contributed by atoms with Crippen molar-refractivity contribution in [3.63, 3.8) is 0 Å². The Labute approximate surface area is 101 Å². The van der Waals surface area contributed by atoms with Crippen LogP contribution in [0.5, 0.6) is 0 Å². The van der Waals surface area contributed by atoms with Gasteiger partial charge in [0.1, 0.15) is 5.82 Å². The number of aryl methyl sites for hydroxylation is 1. The van der Waals surface area contributed by atoms with Gasteiger partial charge in [0.05, 0.1) is 0 Å². The van der Waals surface area contributed by atoms with Crippen molar-refractivity contribution in [1.82, 2.24) is 9.55 Å². The molecular weight excluding hydrogens is 218 g/mol. The summed E-state index contributed by atoms with van der Waals surface area (Å²) < 4.78 is 1.53. The van der Waals surface area contributed by atoms with Gasteiger partial charge >= 0.3 is 5.69 Å². The van der Waals surface area contributed by atoms with Gasteiger partial charge in [0.25, 0.3) is 0 Å². The first kappa shape index (κ1) is 13.7. The van der Waals surface area contributed by atoms with Crippen molar-refractivity contribution < 1.29 is 0 Å². The highest BCUT2D eigenvalue weighted by Gasteiger charge is 2.04. The standard InChI is InChI=1S/C11H21N5O/c12-6-2-1-3-9(13)4-7-16-8-5-10(14)15-11(16)17/h5,8-9H,1-4,6-7,12-13H2,(H2,14,15,17)/t9-/m1/s1. The summed E-state index contributed by atoms with van der Waals surface area (Å²) >= 11 is 0. The van der Waals surface area contributed by atoms with Gasteiger partial charge in [-0.3, -0.25) is 4.57 Å². The van der Waals surface area contributed by atoms with Crippen molar-refractivity contribution in [2.24, 2.45) is 11.5 Å². The van der Waals surface area contributed by atoms with Crippen molar-refractivity contribution in [1.29, 1.82) is 0 Å². The third-order valence-corrected chi connectivity index (χ3v) is 2.67. The molecule has 0 aliphatic heterocycles. The van der Waals surface area contributed by atoms with Crippen LogP contribution in [-0.4, -0.2) is 22.1 Å². The molecule has 0 aliphatic carbocycles. The molecule has 6 nitrogen and oxygen atoms in total. The predicted octanol–water partition coefficient (Wildman–Crippen LogP) is -0.328. The first-order valence-corrected chi connectivity index (χ1v) is 5.92. The van der Waals surface area contributed by atoms with Crippen LogP contribution in [0.3, 0.4) is 0 Å². The van der Waals surface area contributed by atoms with E-state index < -0.39 is 0 Å². The Balaban J connectivity index is 2.37. The third kappa shape index (κ3) is 4.97. The molecule has 0 saturated carbocycles. The molecule has 17 heavy (non-hydrogen) atoms. The fourth-order valence-corrected chi connectivity index (χ4v) is 1.61. The zero-order valence-electron chi connectivity index (χ0n) is 10.0. The van der Waals surface area contributed by atoms with E-state index in [1.807, 2.05) is 0 Å². The molecule has 0 amide bonds. The van der Waals surface area contributed by atoms with E-state index in [9.17, 15) is 4.79 Å². The Hall–Kier alpha value is -1.40.